The summed E-state index contributed by atoms with van der Waals surface area (Å²) in [6.45, 7) is 6.02. The molecule has 3 rings (SSSR count). The van der Waals surface area contributed by atoms with Crippen LogP contribution in [0.4, 0.5) is 0 Å². The summed E-state index contributed by atoms with van der Waals surface area (Å²) >= 11 is 12.2. The summed E-state index contributed by atoms with van der Waals surface area (Å²) in [5, 5.41) is 4.04. The van der Waals surface area contributed by atoms with E-state index in [2.05, 4.69) is 5.32 Å². The lowest BCUT2D eigenvalue weighted by Crippen LogP contribution is -2.32. The molecule has 0 bridgehead atoms. The average molecular weight is 434 g/mol. The van der Waals surface area contributed by atoms with Gasteiger partial charge >= 0.3 is 0 Å². The number of carbonyl (C=O) groups is 1. The molecule has 2 aromatic carbocycles. The van der Waals surface area contributed by atoms with E-state index in [9.17, 15) is 9.59 Å². The molecule has 7 heteroatoms. The van der Waals surface area contributed by atoms with Crippen LogP contribution in [0.5, 0.6) is 5.75 Å². The first-order valence-corrected chi connectivity index (χ1v) is 9.94. The maximum atomic E-state index is 13.1. The van der Waals surface area contributed by atoms with Crippen molar-refractivity contribution in [2.24, 2.45) is 5.92 Å². The molecule has 1 N–H and O–H groups in total. The van der Waals surface area contributed by atoms with Gasteiger partial charge < -0.3 is 14.5 Å². The van der Waals surface area contributed by atoms with Gasteiger partial charge in [-0.15, -0.1) is 0 Å². The molecule has 5 nitrogen and oxygen atoms in total. The van der Waals surface area contributed by atoms with Gasteiger partial charge in [-0.05, 0) is 54.8 Å². The highest BCUT2D eigenvalue weighted by Crippen LogP contribution is 2.33. The summed E-state index contributed by atoms with van der Waals surface area (Å²) in [6.07, 6.45) is 0. The van der Waals surface area contributed by atoms with Crippen LogP contribution in [0, 0.1) is 12.8 Å². The third kappa shape index (κ3) is 4.92. The molecular formula is C22H21Cl2NO4. The number of ether oxygens (including phenoxy) is 1. The summed E-state index contributed by atoms with van der Waals surface area (Å²) < 4.78 is 11.6. The van der Waals surface area contributed by atoms with E-state index in [4.69, 9.17) is 32.4 Å². The molecule has 0 fully saturated rings. The summed E-state index contributed by atoms with van der Waals surface area (Å²) in [5.74, 6) is 0.180. The predicted octanol–water partition coefficient (Wildman–Crippen LogP) is 5.23. The van der Waals surface area contributed by atoms with Gasteiger partial charge in [0.1, 0.15) is 5.58 Å². The Balaban J connectivity index is 2.07. The third-order valence-corrected chi connectivity index (χ3v) is 4.95. The summed E-state index contributed by atoms with van der Waals surface area (Å²) in [6, 6.07) is 10.1. The van der Waals surface area contributed by atoms with Gasteiger partial charge in [0.2, 0.25) is 11.2 Å². The van der Waals surface area contributed by atoms with E-state index in [-0.39, 0.29) is 29.4 Å². The van der Waals surface area contributed by atoms with Gasteiger partial charge in [0.15, 0.2) is 12.4 Å². The molecule has 29 heavy (non-hydrogen) atoms. The van der Waals surface area contributed by atoms with Crippen LogP contribution < -0.4 is 15.5 Å². The number of benzene rings is 2. The van der Waals surface area contributed by atoms with E-state index in [0.717, 1.165) is 5.56 Å². The fourth-order valence-electron chi connectivity index (χ4n) is 2.73. The van der Waals surface area contributed by atoms with Gasteiger partial charge in [-0.25, -0.2) is 0 Å². The lowest BCUT2D eigenvalue weighted by Gasteiger charge is -2.13. The number of nitrogens with one attached hydrogen (secondary N) is 1. The standard InChI is InChI=1S/C22H21Cl2NO4/c1-12(2)10-25-19(26)11-28-22-20(27)16-9-17(24)13(3)8-18(16)29-21(22)14-4-6-15(23)7-5-14/h4-9,12H,10-11H2,1-3H3,(H,25,26). The normalized spacial score (nSPS) is 11.1. The Morgan fingerprint density at radius 2 is 1.86 bits per heavy atom. The Morgan fingerprint density at radius 3 is 2.52 bits per heavy atom. The number of halogens is 2. The second kappa shape index (κ2) is 8.89. The van der Waals surface area contributed by atoms with Crippen LogP contribution in [0.25, 0.3) is 22.3 Å². The first-order chi connectivity index (χ1) is 13.8. The fourth-order valence-corrected chi connectivity index (χ4v) is 3.02. The van der Waals surface area contributed by atoms with Crippen molar-refractivity contribution in [3.8, 4) is 17.1 Å². The molecule has 1 amide bonds. The summed E-state index contributed by atoms with van der Waals surface area (Å²) in [7, 11) is 0. The molecule has 0 spiro atoms. The molecule has 3 aromatic rings. The highest BCUT2D eigenvalue weighted by molar-refractivity contribution is 6.32. The van der Waals surface area contributed by atoms with Crippen molar-refractivity contribution in [2.45, 2.75) is 20.8 Å². The zero-order chi connectivity index (χ0) is 21.1. The van der Waals surface area contributed by atoms with Gasteiger partial charge in [-0.1, -0.05) is 37.0 Å². The van der Waals surface area contributed by atoms with E-state index in [1.54, 1.807) is 36.4 Å². The summed E-state index contributed by atoms with van der Waals surface area (Å²) in [5.41, 5.74) is 1.39. The van der Waals surface area contributed by atoms with E-state index < -0.39 is 5.43 Å². The second-order valence-electron chi connectivity index (χ2n) is 7.18. The maximum absolute atomic E-state index is 13.1. The van der Waals surface area contributed by atoms with Crippen LogP contribution in [0.15, 0.2) is 45.6 Å². The largest absolute Gasteiger partial charge is 0.476 e. The van der Waals surface area contributed by atoms with E-state index >= 15 is 0 Å². The number of hydrogen-bond acceptors (Lipinski definition) is 4. The number of hydrogen-bond donors (Lipinski definition) is 1. The number of rotatable bonds is 6. The summed E-state index contributed by atoms with van der Waals surface area (Å²) in [4.78, 5) is 25.2. The Hall–Kier alpha value is -2.50. The molecule has 152 valence electrons. The van der Waals surface area contributed by atoms with Crippen LogP contribution in [-0.4, -0.2) is 19.1 Å². The fraction of sp³-hybridized carbons (Fsp3) is 0.273. The van der Waals surface area contributed by atoms with Gasteiger partial charge in [-0.2, -0.15) is 0 Å². The van der Waals surface area contributed by atoms with Crippen molar-refractivity contribution in [3.63, 3.8) is 0 Å². The zero-order valence-electron chi connectivity index (χ0n) is 16.3. The van der Waals surface area contributed by atoms with Gasteiger partial charge in [0.25, 0.3) is 5.91 Å². The third-order valence-electron chi connectivity index (χ3n) is 4.29. The lowest BCUT2D eigenvalue weighted by atomic mass is 10.1. The first-order valence-electron chi connectivity index (χ1n) is 9.18. The zero-order valence-corrected chi connectivity index (χ0v) is 17.9. The Labute approximate surface area is 178 Å². The van der Waals surface area contributed by atoms with Crippen molar-refractivity contribution < 1.29 is 13.9 Å². The molecule has 0 aliphatic carbocycles. The maximum Gasteiger partial charge on any atom is 0.257 e. The molecule has 0 aliphatic heterocycles. The Bertz CT molecular complexity index is 1100. The predicted molar refractivity (Wildman–Crippen MR) is 116 cm³/mol. The Kier molecular flexibility index (Phi) is 6.50. The van der Waals surface area contributed by atoms with Crippen LogP contribution in [0.2, 0.25) is 10.0 Å². The van der Waals surface area contributed by atoms with Gasteiger partial charge in [0.05, 0.1) is 5.39 Å². The smallest absolute Gasteiger partial charge is 0.257 e. The minimum absolute atomic E-state index is 0.0422. The SMILES string of the molecule is Cc1cc2oc(-c3ccc(Cl)cc3)c(OCC(=O)NCC(C)C)c(=O)c2cc1Cl. The number of aryl methyl sites for hydroxylation is 1. The molecule has 0 saturated carbocycles. The molecule has 0 saturated heterocycles. The van der Waals surface area contributed by atoms with E-state index in [0.29, 0.717) is 33.7 Å². The molecule has 1 aromatic heterocycles. The highest BCUT2D eigenvalue weighted by atomic mass is 35.5. The molecule has 0 radical (unpaired) electrons. The van der Waals surface area contributed by atoms with Crippen molar-refractivity contribution in [1.29, 1.82) is 0 Å². The van der Waals surface area contributed by atoms with Crippen LogP contribution in [0.3, 0.4) is 0 Å². The highest BCUT2D eigenvalue weighted by Gasteiger charge is 2.20. The second-order valence-corrected chi connectivity index (χ2v) is 8.02. The van der Waals surface area contributed by atoms with E-state index in [1.165, 1.54) is 0 Å². The average Bonchev–Trinajstić information content (AvgIpc) is 2.68. The van der Waals surface area contributed by atoms with Crippen molar-refractivity contribution in [3.05, 3.63) is 62.2 Å². The molecule has 0 aliphatic rings. The van der Waals surface area contributed by atoms with E-state index in [1.807, 2.05) is 20.8 Å². The molecule has 0 unspecified atom stereocenters. The number of amides is 1. The van der Waals surface area contributed by atoms with Gasteiger partial charge in [-0.3, -0.25) is 9.59 Å². The van der Waals surface area contributed by atoms with Crippen LogP contribution in [0.1, 0.15) is 19.4 Å². The number of carbonyl (C=O) groups excluding carboxylic acids is 1. The Morgan fingerprint density at radius 1 is 1.17 bits per heavy atom. The first kappa shape index (κ1) is 21.2. The molecule has 1 heterocycles. The van der Waals surface area contributed by atoms with Crippen LogP contribution in [-0.2, 0) is 4.79 Å². The topological polar surface area (TPSA) is 68.5 Å². The lowest BCUT2D eigenvalue weighted by molar-refractivity contribution is -0.123. The quantitative estimate of drug-likeness (QED) is 0.577. The van der Waals surface area contributed by atoms with Crippen LogP contribution >= 0.6 is 23.2 Å². The monoisotopic (exact) mass is 433 g/mol. The molecule has 0 atom stereocenters. The minimum Gasteiger partial charge on any atom is -0.476 e. The number of fused-ring (bicyclic) bond motifs is 1. The van der Waals surface area contributed by atoms with Gasteiger partial charge in [0, 0.05) is 22.2 Å². The minimum atomic E-state index is -0.394. The van der Waals surface area contributed by atoms with Crippen molar-refractivity contribution in [2.75, 3.05) is 13.2 Å². The van der Waals surface area contributed by atoms with Crippen molar-refractivity contribution in [1.82, 2.24) is 5.32 Å². The molecular weight excluding hydrogens is 413 g/mol. The van der Waals surface area contributed by atoms with Crippen molar-refractivity contribution >= 4 is 40.1 Å².